The number of aryl methyl sites for hydroxylation is 2. The molecule has 100 valence electrons. The Bertz CT molecular complexity index is 566. The van der Waals surface area contributed by atoms with Crippen LogP contribution < -0.4 is 11.3 Å². The topological polar surface area (TPSA) is 38.0 Å². The van der Waals surface area contributed by atoms with Crippen LogP contribution in [0.4, 0.5) is 0 Å². The number of halogens is 1. The summed E-state index contributed by atoms with van der Waals surface area (Å²) in [6.07, 6.45) is 0.852. The van der Waals surface area contributed by atoms with Gasteiger partial charge in [-0.1, -0.05) is 41.9 Å². The second kappa shape index (κ2) is 6.20. The number of hydrogen-bond acceptors (Lipinski definition) is 2. The van der Waals surface area contributed by atoms with E-state index >= 15 is 0 Å². The summed E-state index contributed by atoms with van der Waals surface area (Å²) < 4.78 is 0. The molecule has 0 radical (unpaired) electrons. The van der Waals surface area contributed by atoms with Crippen molar-refractivity contribution in [1.29, 1.82) is 0 Å². The summed E-state index contributed by atoms with van der Waals surface area (Å²) in [6, 6.07) is 14.4. The monoisotopic (exact) mass is 274 g/mol. The highest BCUT2D eigenvalue weighted by molar-refractivity contribution is 6.30. The van der Waals surface area contributed by atoms with Crippen molar-refractivity contribution in [3.05, 3.63) is 69.7 Å². The van der Waals surface area contributed by atoms with Crippen molar-refractivity contribution in [3.63, 3.8) is 0 Å². The van der Waals surface area contributed by atoms with Gasteiger partial charge in [-0.05, 0) is 54.7 Å². The first kappa shape index (κ1) is 14.1. The normalized spacial score (nSPS) is 12.4. The Balaban J connectivity index is 2.30. The minimum Gasteiger partial charge on any atom is -0.271 e. The first-order valence-corrected chi connectivity index (χ1v) is 6.76. The predicted molar refractivity (Wildman–Crippen MR) is 81.1 cm³/mol. The highest BCUT2D eigenvalue weighted by atomic mass is 35.5. The Morgan fingerprint density at radius 2 is 1.84 bits per heavy atom. The highest BCUT2D eigenvalue weighted by Gasteiger charge is 2.14. The number of nitrogens with two attached hydrogens (primary N) is 1. The first-order valence-electron chi connectivity index (χ1n) is 6.38. The predicted octanol–water partition coefficient (Wildman–Crippen LogP) is 3.70. The Kier molecular flexibility index (Phi) is 4.59. The van der Waals surface area contributed by atoms with Crippen LogP contribution in [0, 0.1) is 13.8 Å². The molecule has 0 saturated heterocycles. The third-order valence-corrected chi connectivity index (χ3v) is 3.74. The molecule has 0 aliphatic rings. The van der Waals surface area contributed by atoms with Crippen molar-refractivity contribution in [2.24, 2.45) is 5.84 Å². The molecule has 0 spiro atoms. The van der Waals surface area contributed by atoms with Gasteiger partial charge in [-0.3, -0.25) is 11.3 Å². The minimum absolute atomic E-state index is 0.0693. The van der Waals surface area contributed by atoms with E-state index in [9.17, 15) is 0 Å². The van der Waals surface area contributed by atoms with Crippen molar-refractivity contribution in [3.8, 4) is 0 Å². The molecular formula is C16H19ClN2. The maximum Gasteiger partial charge on any atom is 0.0503 e. The summed E-state index contributed by atoms with van der Waals surface area (Å²) in [5, 5.41) is 0.741. The van der Waals surface area contributed by atoms with Crippen LogP contribution in [0.1, 0.15) is 28.3 Å². The molecule has 19 heavy (non-hydrogen) atoms. The largest absolute Gasteiger partial charge is 0.271 e. The van der Waals surface area contributed by atoms with E-state index in [4.69, 9.17) is 17.4 Å². The second-order valence-corrected chi connectivity index (χ2v) is 5.29. The van der Waals surface area contributed by atoms with Crippen LogP contribution in [-0.4, -0.2) is 0 Å². The molecule has 0 aliphatic carbocycles. The Morgan fingerprint density at radius 3 is 2.53 bits per heavy atom. The van der Waals surface area contributed by atoms with Gasteiger partial charge >= 0.3 is 0 Å². The van der Waals surface area contributed by atoms with Crippen molar-refractivity contribution < 1.29 is 0 Å². The zero-order valence-corrected chi connectivity index (χ0v) is 12.0. The summed E-state index contributed by atoms with van der Waals surface area (Å²) >= 11 is 6.08. The van der Waals surface area contributed by atoms with Gasteiger partial charge in [0, 0.05) is 5.02 Å². The van der Waals surface area contributed by atoms with Crippen LogP contribution in [0.25, 0.3) is 0 Å². The summed E-state index contributed by atoms with van der Waals surface area (Å²) in [5.41, 5.74) is 7.83. The number of rotatable bonds is 4. The molecule has 0 aromatic heterocycles. The molecule has 2 nitrogen and oxygen atoms in total. The lowest BCUT2D eigenvalue weighted by Gasteiger charge is -2.20. The molecule has 0 saturated carbocycles. The van der Waals surface area contributed by atoms with Gasteiger partial charge in [0.05, 0.1) is 6.04 Å². The molecule has 1 atom stereocenters. The average Bonchev–Trinajstić information content (AvgIpc) is 2.41. The van der Waals surface area contributed by atoms with E-state index in [0.717, 1.165) is 17.0 Å². The van der Waals surface area contributed by atoms with E-state index in [0.29, 0.717) is 0 Å². The smallest absolute Gasteiger partial charge is 0.0503 e. The van der Waals surface area contributed by atoms with Crippen molar-refractivity contribution >= 4 is 11.6 Å². The van der Waals surface area contributed by atoms with Crippen LogP contribution >= 0.6 is 11.6 Å². The molecule has 3 N–H and O–H groups in total. The van der Waals surface area contributed by atoms with Gasteiger partial charge in [-0.2, -0.15) is 0 Å². The number of nitrogens with one attached hydrogen (secondary N) is 1. The van der Waals surface area contributed by atoms with E-state index in [1.165, 1.54) is 16.7 Å². The van der Waals surface area contributed by atoms with Crippen molar-refractivity contribution in [2.75, 3.05) is 0 Å². The Morgan fingerprint density at radius 1 is 1.11 bits per heavy atom. The minimum atomic E-state index is 0.0693. The SMILES string of the molecule is Cc1ccccc1CC(NN)c1cc(Cl)ccc1C. The van der Waals surface area contributed by atoms with Gasteiger partial charge in [0.1, 0.15) is 0 Å². The summed E-state index contributed by atoms with van der Waals surface area (Å²) in [5.74, 6) is 5.73. The van der Waals surface area contributed by atoms with E-state index < -0.39 is 0 Å². The molecular weight excluding hydrogens is 256 g/mol. The first-order chi connectivity index (χ1) is 9.11. The van der Waals surface area contributed by atoms with Gasteiger partial charge in [0.25, 0.3) is 0 Å². The van der Waals surface area contributed by atoms with Gasteiger partial charge in [-0.15, -0.1) is 0 Å². The maximum absolute atomic E-state index is 6.08. The molecule has 2 aromatic rings. The van der Waals surface area contributed by atoms with Gasteiger partial charge in [0.15, 0.2) is 0 Å². The van der Waals surface area contributed by atoms with Crippen molar-refractivity contribution in [1.82, 2.24) is 5.43 Å². The van der Waals surface area contributed by atoms with E-state index in [1.54, 1.807) is 0 Å². The zero-order valence-electron chi connectivity index (χ0n) is 11.3. The summed E-state index contributed by atoms with van der Waals surface area (Å²) in [4.78, 5) is 0. The number of hydrogen-bond donors (Lipinski definition) is 2. The second-order valence-electron chi connectivity index (χ2n) is 4.85. The van der Waals surface area contributed by atoms with E-state index in [2.05, 4.69) is 37.5 Å². The molecule has 2 rings (SSSR count). The molecule has 0 aliphatic heterocycles. The fourth-order valence-corrected chi connectivity index (χ4v) is 2.48. The lowest BCUT2D eigenvalue weighted by atomic mass is 9.94. The van der Waals surface area contributed by atoms with E-state index in [1.807, 2.05) is 24.3 Å². The third-order valence-electron chi connectivity index (χ3n) is 3.50. The Labute approximate surface area is 119 Å². The lowest BCUT2D eigenvalue weighted by molar-refractivity contribution is 0.548. The zero-order chi connectivity index (χ0) is 13.8. The molecule has 2 aromatic carbocycles. The Hall–Kier alpha value is -1.35. The molecule has 3 heteroatoms. The average molecular weight is 275 g/mol. The third kappa shape index (κ3) is 3.35. The summed E-state index contributed by atoms with van der Waals surface area (Å²) in [6.45, 7) is 4.20. The van der Waals surface area contributed by atoms with Crippen LogP contribution in [0.15, 0.2) is 42.5 Å². The van der Waals surface area contributed by atoms with Crippen molar-refractivity contribution in [2.45, 2.75) is 26.3 Å². The quantitative estimate of drug-likeness (QED) is 0.659. The van der Waals surface area contributed by atoms with Crippen LogP contribution in [0.5, 0.6) is 0 Å². The van der Waals surface area contributed by atoms with Gasteiger partial charge < -0.3 is 0 Å². The maximum atomic E-state index is 6.08. The molecule has 1 unspecified atom stereocenters. The number of benzene rings is 2. The fraction of sp³-hybridized carbons (Fsp3) is 0.250. The van der Waals surface area contributed by atoms with E-state index in [-0.39, 0.29) is 6.04 Å². The standard InChI is InChI=1S/C16H19ClN2/c1-11-5-3-4-6-13(11)9-16(19-18)15-10-14(17)8-7-12(15)2/h3-8,10,16,19H,9,18H2,1-2H3. The fourth-order valence-electron chi connectivity index (χ4n) is 2.30. The molecule has 0 heterocycles. The van der Waals surface area contributed by atoms with Crippen LogP contribution in [0.2, 0.25) is 5.02 Å². The lowest BCUT2D eigenvalue weighted by Crippen LogP contribution is -2.30. The molecule has 0 bridgehead atoms. The highest BCUT2D eigenvalue weighted by Crippen LogP contribution is 2.25. The number of hydrazine groups is 1. The summed E-state index contributed by atoms with van der Waals surface area (Å²) in [7, 11) is 0. The van der Waals surface area contributed by atoms with Crippen LogP contribution in [0.3, 0.4) is 0 Å². The van der Waals surface area contributed by atoms with Gasteiger partial charge in [0.2, 0.25) is 0 Å². The molecule has 0 fully saturated rings. The van der Waals surface area contributed by atoms with Gasteiger partial charge in [-0.25, -0.2) is 0 Å². The molecule has 0 amide bonds. The van der Waals surface area contributed by atoms with Crippen LogP contribution in [-0.2, 0) is 6.42 Å².